The molecule has 2 aliphatic rings. The fourth-order valence-electron chi connectivity index (χ4n) is 2.32. The minimum atomic E-state index is 0.803. The molecular weight excluding hydrogens is 174 g/mol. The first-order chi connectivity index (χ1) is 6.95. The minimum Gasteiger partial charge on any atom is -0.381 e. The summed E-state index contributed by atoms with van der Waals surface area (Å²) in [6.45, 7) is 4.31. The Morgan fingerprint density at radius 2 is 2.00 bits per heavy atom. The van der Waals surface area contributed by atoms with Crippen molar-refractivity contribution in [2.24, 2.45) is 5.92 Å². The highest BCUT2D eigenvalue weighted by Crippen LogP contribution is 2.21. The van der Waals surface area contributed by atoms with Crippen LogP contribution >= 0.6 is 0 Å². The van der Waals surface area contributed by atoms with Crippen molar-refractivity contribution in [3.05, 3.63) is 11.6 Å². The van der Waals surface area contributed by atoms with Crippen LogP contribution in [0, 0.1) is 5.92 Å². The Morgan fingerprint density at radius 1 is 1.14 bits per heavy atom. The third-order valence-electron chi connectivity index (χ3n) is 3.21. The van der Waals surface area contributed by atoms with Crippen LogP contribution in [0.1, 0.15) is 32.1 Å². The molecule has 80 valence electrons. The Labute approximate surface area is 86.7 Å². The number of nitrogens with one attached hydrogen (secondary N) is 1. The van der Waals surface area contributed by atoms with Gasteiger partial charge in [-0.15, -0.1) is 0 Å². The Hall–Kier alpha value is -0.340. The highest BCUT2D eigenvalue weighted by atomic mass is 16.5. The quantitative estimate of drug-likeness (QED) is 0.647. The summed E-state index contributed by atoms with van der Waals surface area (Å²) in [5.41, 5.74) is 1.68. The molecule has 2 fully saturated rings. The lowest BCUT2D eigenvalue weighted by molar-refractivity contribution is 0.0783. The van der Waals surface area contributed by atoms with Crippen molar-refractivity contribution >= 4 is 0 Å². The first-order valence-electron chi connectivity index (χ1n) is 5.93. The molecular formula is C12H21NO. The van der Waals surface area contributed by atoms with Crippen molar-refractivity contribution in [3.63, 3.8) is 0 Å². The summed E-state index contributed by atoms with van der Waals surface area (Å²) < 4.78 is 5.37. The lowest BCUT2D eigenvalue weighted by Crippen LogP contribution is -2.15. The first kappa shape index (κ1) is 10.2. The Bertz CT molecular complexity index is 184. The molecule has 2 nitrogen and oxygen atoms in total. The van der Waals surface area contributed by atoms with E-state index in [1.807, 2.05) is 0 Å². The molecule has 1 N–H and O–H groups in total. The first-order valence-corrected chi connectivity index (χ1v) is 5.93. The van der Waals surface area contributed by atoms with Crippen molar-refractivity contribution in [2.45, 2.75) is 32.1 Å². The maximum Gasteiger partial charge on any atom is 0.0471 e. The van der Waals surface area contributed by atoms with Crippen LogP contribution in [0.25, 0.3) is 0 Å². The molecule has 0 radical (unpaired) electrons. The SMILES string of the molecule is C(=C1\CCCNCC1)/C1CCOCC1. The van der Waals surface area contributed by atoms with E-state index in [0.29, 0.717) is 0 Å². The van der Waals surface area contributed by atoms with Gasteiger partial charge in [-0.25, -0.2) is 0 Å². The second-order valence-corrected chi connectivity index (χ2v) is 4.38. The van der Waals surface area contributed by atoms with Crippen molar-refractivity contribution < 1.29 is 4.74 Å². The maximum atomic E-state index is 5.37. The molecule has 2 heterocycles. The normalized spacial score (nSPS) is 29.0. The summed E-state index contributed by atoms with van der Waals surface area (Å²) in [7, 11) is 0. The fourth-order valence-corrected chi connectivity index (χ4v) is 2.32. The van der Waals surface area contributed by atoms with Crippen LogP contribution in [0.5, 0.6) is 0 Å². The molecule has 2 heteroatoms. The van der Waals surface area contributed by atoms with Gasteiger partial charge in [-0.2, -0.15) is 0 Å². The van der Waals surface area contributed by atoms with Crippen LogP contribution in [-0.4, -0.2) is 26.3 Å². The summed E-state index contributed by atoms with van der Waals surface area (Å²) in [5, 5.41) is 3.45. The molecule has 2 rings (SSSR count). The highest BCUT2D eigenvalue weighted by molar-refractivity contribution is 5.06. The smallest absolute Gasteiger partial charge is 0.0471 e. The Morgan fingerprint density at radius 3 is 2.86 bits per heavy atom. The molecule has 0 aromatic rings. The van der Waals surface area contributed by atoms with Gasteiger partial charge in [0.1, 0.15) is 0 Å². The van der Waals surface area contributed by atoms with Crippen LogP contribution in [-0.2, 0) is 4.74 Å². The van der Waals surface area contributed by atoms with E-state index in [1.165, 1.54) is 45.2 Å². The molecule has 0 aliphatic carbocycles. The molecule has 0 spiro atoms. The van der Waals surface area contributed by atoms with E-state index in [2.05, 4.69) is 11.4 Å². The molecule has 0 aromatic carbocycles. The van der Waals surface area contributed by atoms with Crippen LogP contribution in [0.3, 0.4) is 0 Å². The lowest BCUT2D eigenvalue weighted by Gasteiger charge is -2.20. The van der Waals surface area contributed by atoms with Gasteiger partial charge in [0.05, 0.1) is 0 Å². The molecule has 0 amide bonds. The minimum absolute atomic E-state index is 0.803. The third kappa shape index (κ3) is 3.10. The average molecular weight is 195 g/mol. The van der Waals surface area contributed by atoms with Gasteiger partial charge in [0.15, 0.2) is 0 Å². The van der Waals surface area contributed by atoms with Gasteiger partial charge in [-0.05, 0) is 51.1 Å². The topological polar surface area (TPSA) is 21.3 Å². The molecule has 0 unspecified atom stereocenters. The van der Waals surface area contributed by atoms with Crippen molar-refractivity contribution in [3.8, 4) is 0 Å². The molecule has 2 aliphatic heterocycles. The van der Waals surface area contributed by atoms with E-state index in [-0.39, 0.29) is 0 Å². The average Bonchev–Trinajstić information content (AvgIpc) is 2.48. The van der Waals surface area contributed by atoms with E-state index < -0.39 is 0 Å². The molecule has 0 saturated carbocycles. The van der Waals surface area contributed by atoms with Crippen LogP contribution < -0.4 is 5.32 Å². The predicted octanol–water partition coefficient (Wildman–Crippen LogP) is 2.11. The highest BCUT2D eigenvalue weighted by Gasteiger charge is 2.12. The van der Waals surface area contributed by atoms with Crippen molar-refractivity contribution in [1.82, 2.24) is 5.32 Å². The second kappa shape index (κ2) is 5.52. The maximum absolute atomic E-state index is 5.37. The van der Waals surface area contributed by atoms with Gasteiger partial charge >= 0.3 is 0 Å². The summed E-state index contributed by atoms with van der Waals surface area (Å²) in [5.74, 6) is 0.803. The van der Waals surface area contributed by atoms with Crippen LogP contribution in [0.15, 0.2) is 11.6 Å². The van der Waals surface area contributed by atoms with Crippen molar-refractivity contribution in [2.75, 3.05) is 26.3 Å². The monoisotopic (exact) mass is 195 g/mol. The largest absolute Gasteiger partial charge is 0.381 e. The van der Waals surface area contributed by atoms with Crippen molar-refractivity contribution in [1.29, 1.82) is 0 Å². The molecule has 0 aromatic heterocycles. The van der Waals surface area contributed by atoms with Gasteiger partial charge < -0.3 is 10.1 Å². The van der Waals surface area contributed by atoms with Gasteiger partial charge in [0.25, 0.3) is 0 Å². The van der Waals surface area contributed by atoms with E-state index in [4.69, 9.17) is 4.74 Å². The lowest BCUT2D eigenvalue weighted by atomic mass is 9.95. The van der Waals surface area contributed by atoms with Gasteiger partial charge in [0.2, 0.25) is 0 Å². The number of rotatable bonds is 1. The van der Waals surface area contributed by atoms with Gasteiger partial charge in [0, 0.05) is 13.2 Å². The van der Waals surface area contributed by atoms with Gasteiger partial charge in [-0.3, -0.25) is 0 Å². The Kier molecular flexibility index (Phi) is 4.02. The standard InChI is InChI=1S/C12H21NO/c1-2-11(3-7-13-6-1)10-12-4-8-14-9-5-12/h10,12-13H,1-9H2/b11-10-. The third-order valence-corrected chi connectivity index (χ3v) is 3.21. The van der Waals surface area contributed by atoms with Gasteiger partial charge in [-0.1, -0.05) is 11.6 Å². The zero-order valence-electron chi connectivity index (χ0n) is 8.93. The summed E-state index contributed by atoms with van der Waals surface area (Å²) >= 11 is 0. The van der Waals surface area contributed by atoms with E-state index >= 15 is 0 Å². The number of hydrogen-bond donors (Lipinski definition) is 1. The van der Waals surface area contributed by atoms with E-state index in [1.54, 1.807) is 5.57 Å². The molecule has 0 atom stereocenters. The van der Waals surface area contributed by atoms with Crippen LogP contribution in [0.4, 0.5) is 0 Å². The predicted molar refractivity (Wildman–Crippen MR) is 58.3 cm³/mol. The summed E-state index contributed by atoms with van der Waals surface area (Å²) in [4.78, 5) is 0. The number of ether oxygens (including phenoxy) is 1. The fraction of sp³-hybridized carbons (Fsp3) is 0.833. The second-order valence-electron chi connectivity index (χ2n) is 4.38. The summed E-state index contributed by atoms with van der Waals surface area (Å²) in [6.07, 6.45) is 8.89. The number of hydrogen-bond acceptors (Lipinski definition) is 2. The zero-order valence-corrected chi connectivity index (χ0v) is 8.93. The zero-order chi connectivity index (χ0) is 9.64. The number of allylic oxidation sites excluding steroid dienone is 1. The summed E-state index contributed by atoms with van der Waals surface area (Å²) in [6, 6.07) is 0. The molecule has 0 bridgehead atoms. The Balaban J connectivity index is 1.86. The van der Waals surface area contributed by atoms with Crippen LogP contribution in [0.2, 0.25) is 0 Å². The van der Waals surface area contributed by atoms with E-state index in [9.17, 15) is 0 Å². The molecule has 14 heavy (non-hydrogen) atoms. The molecule has 2 saturated heterocycles. The van der Waals surface area contributed by atoms with E-state index in [0.717, 1.165) is 19.1 Å².